The van der Waals surface area contributed by atoms with E-state index in [9.17, 15) is 18.0 Å². The number of rotatable bonds is 11. The van der Waals surface area contributed by atoms with Gasteiger partial charge in [-0.15, -0.1) is 0 Å². The number of likely N-dealkylation sites (N-methyl/N-ethyl adjacent to an activating group) is 1. The van der Waals surface area contributed by atoms with Gasteiger partial charge in [0.15, 0.2) is 11.5 Å². The van der Waals surface area contributed by atoms with Crippen molar-refractivity contribution in [2.24, 2.45) is 0 Å². The predicted molar refractivity (Wildman–Crippen MR) is 151 cm³/mol. The van der Waals surface area contributed by atoms with Crippen molar-refractivity contribution in [1.29, 1.82) is 0 Å². The van der Waals surface area contributed by atoms with E-state index in [0.717, 1.165) is 4.31 Å². The van der Waals surface area contributed by atoms with E-state index in [1.165, 1.54) is 68.6 Å². The summed E-state index contributed by atoms with van der Waals surface area (Å²) in [5, 5.41) is 3.45. The molecule has 0 saturated heterocycles. The molecule has 0 radical (unpaired) electrons. The molecule has 12 heteroatoms. The number of amides is 2. The predicted octanol–water partition coefficient (Wildman–Crippen LogP) is 4.37. The Kier molecular flexibility index (Phi) is 10.1. The molecular formula is C27H29Cl2N3O6S. The topological polar surface area (TPSA) is 105 Å². The standard InChI is InChI=1S/C27H29Cl2N3O6S/c1-18(27(34)30-2)31(16-19-5-7-20(28)8-6-19)26(33)17-32(22-11-9-21(29)10-12-22)39(35,36)23-13-14-24(37-3)25(15-23)38-4/h5-15,18H,16-17H2,1-4H3,(H,30,34)/t18-/m0/s1. The number of hydrogen-bond donors (Lipinski definition) is 1. The van der Waals surface area contributed by atoms with E-state index in [2.05, 4.69) is 5.32 Å². The highest BCUT2D eigenvalue weighted by Gasteiger charge is 2.32. The third kappa shape index (κ3) is 7.14. The third-order valence-corrected chi connectivity index (χ3v) is 8.29. The second kappa shape index (κ2) is 13.1. The van der Waals surface area contributed by atoms with Gasteiger partial charge in [0.05, 0.1) is 24.8 Å². The molecule has 0 fully saturated rings. The maximum absolute atomic E-state index is 13.9. The number of nitrogens with zero attached hydrogens (tertiary/aromatic N) is 2. The van der Waals surface area contributed by atoms with Crippen LogP contribution in [-0.2, 0) is 26.2 Å². The lowest BCUT2D eigenvalue weighted by atomic mass is 10.1. The Bertz CT molecular complexity index is 1420. The second-order valence-electron chi connectivity index (χ2n) is 8.44. The maximum Gasteiger partial charge on any atom is 0.264 e. The largest absolute Gasteiger partial charge is 0.493 e. The zero-order chi connectivity index (χ0) is 28.7. The zero-order valence-corrected chi connectivity index (χ0v) is 24.2. The molecule has 39 heavy (non-hydrogen) atoms. The summed E-state index contributed by atoms with van der Waals surface area (Å²) in [6.45, 7) is 1.03. The van der Waals surface area contributed by atoms with Crippen LogP contribution >= 0.6 is 23.2 Å². The van der Waals surface area contributed by atoms with E-state index in [0.29, 0.717) is 21.4 Å². The number of ether oxygens (including phenoxy) is 2. The molecule has 0 aliphatic heterocycles. The van der Waals surface area contributed by atoms with Crippen molar-refractivity contribution in [1.82, 2.24) is 10.2 Å². The van der Waals surface area contributed by atoms with Gasteiger partial charge in [0.2, 0.25) is 11.8 Å². The molecule has 0 bridgehead atoms. The summed E-state index contributed by atoms with van der Waals surface area (Å²) >= 11 is 12.0. The lowest BCUT2D eigenvalue weighted by Crippen LogP contribution is -2.50. The summed E-state index contributed by atoms with van der Waals surface area (Å²) in [5.41, 5.74) is 0.922. The van der Waals surface area contributed by atoms with E-state index in [1.807, 2.05) is 0 Å². The van der Waals surface area contributed by atoms with Gasteiger partial charge in [-0.3, -0.25) is 13.9 Å². The number of nitrogens with one attached hydrogen (secondary N) is 1. The first-order chi connectivity index (χ1) is 18.5. The monoisotopic (exact) mass is 593 g/mol. The van der Waals surface area contributed by atoms with Gasteiger partial charge < -0.3 is 19.7 Å². The summed E-state index contributed by atoms with van der Waals surface area (Å²) in [6, 6.07) is 16.1. The molecule has 0 heterocycles. The Labute approximate surface area is 238 Å². The summed E-state index contributed by atoms with van der Waals surface area (Å²) in [7, 11) is 0.000190. The normalized spacial score (nSPS) is 11.8. The molecule has 0 spiro atoms. The molecule has 0 saturated carbocycles. The molecule has 208 valence electrons. The van der Waals surface area contributed by atoms with Gasteiger partial charge in [-0.25, -0.2) is 8.42 Å². The van der Waals surface area contributed by atoms with Gasteiger partial charge in [-0.2, -0.15) is 0 Å². The lowest BCUT2D eigenvalue weighted by Gasteiger charge is -2.31. The number of carbonyl (C=O) groups excluding carboxylic acids is 2. The number of anilines is 1. The van der Waals surface area contributed by atoms with Crippen LogP contribution in [0.5, 0.6) is 11.5 Å². The van der Waals surface area contributed by atoms with Crippen LogP contribution in [0.15, 0.2) is 71.6 Å². The summed E-state index contributed by atoms with van der Waals surface area (Å²) < 4.78 is 39.3. The molecule has 0 aromatic heterocycles. The van der Waals surface area contributed by atoms with Crippen LogP contribution in [0.2, 0.25) is 10.0 Å². The Balaban J connectivity index is 2.06. The Morgan fingerprint density at radius 3 is 2.00 bits per heavy atom. The van der Waals surface area contributed by atoms with Crippen molar-refractivity contribution in [3.63, 3.8) is 0 Å². The van der Waals surface area contributed by atoms with E-state index >= 15 is 0 Å². The molecule has 2 amide bonds. The van der Waals surface area contributed by atoms with Crippen molar-refractivity contribution in [2.45, 2.75) is 24.4 Å². The molecule has 0 aliphatic rings. The van der Waals surface area contributed by atoms with Gasteiger partial charge in [-0.1, -0.05) is 35.3 Å². The average molecular weight is 595 g/mol. The minimum atomic E-state index is -4.29. The maximum atomic E-state index is 13.9. The van der Waals surface area contributed by atoms with Crippen molar-refractivity contribution < 1.29 is 27.5 Å². The van der Waals surface area contributed by atoms with Crippen molar-refractivity contribution in [2.75, 3.05) is 32.1 Å². The van der Waals surface area contributed by atoms with Gasteiger partial charge in [0, 0.05) is 29.7 Å². The van der Waals surface area contributed by atoms with Crippen molar-refractivity contribution in [3.05, 3.63) is 82.3 Å². The molecule has 9 nitrogen and oxygen atoms in total. The summed E-state index contributed by atoms with van der Waals surface area (Å²) in [5.74, 6) is -0.448. The fourth-order valence-electron chi connectivity index (χ4n) is 3.82. The van der Waals surface area contributed by atoms with Crippen molar-refractivity contribution in [3.8, 4) is 11.5 Å². The number of carbonyl (C=O) groups is 2. The SMILES string of the molecule is CNC(=O)[C@H](C)N(Cc1ccc(Cl)cc1)C(=O)CN(c1ccc(Cl)cc1)S(=O)(=O)c1ccc(OC)c(OC)c1. The van der Waals surface area contributed by atoms with Crippen LogP contribution < -0.4 is 19.1 Å². The molecule has 0 aliphatic carbocycles. The highest BCUT2D eigenvalue weighted by molar-refractivity contribution is 7.92. The van der Waals surface area contributed by atoms with Crippen LogP contribution in [0.4, 0.5) is 5.69 Å². The Morgan fingerprint density at radius 2 is 1.46 bits per heavy atom. The minimum absolute atomic E-state index is 0.0510. The molecule has 1 N–H and O–H groups in total. The highest BCUT2D eigenvalue weighted by Crippen LogP contribution is 2.32. The van der Waals surface area contributed by atoms with E-state index < -0.39 is 34.4 Å². The quantitative estimate of drug-likeness (QED) is 0.354. The molecule has 3 aromatic carbocycles. The van der Waals surface area contributed by atoms with E-state index in [-0.39, 0.29) is 22.9 Å². The summed E-state index contributed by atoms with van der Waals surface area (Å²) in [6.07, 6.45) is 0. The second-order valence-corrected chi connectivity index (χ2v) is 11.2. The first-order valence-electron chi connectivity index (χ1n) is 11.8. The van der Waals surface area contributed by atoms with Crippen LogP contribution in [0.3, 0.4) is 0 Å². The Hall–Kier alpha value is -3.47. The van der Waals surface area contributed by atoms with Crippen LogP contribution in [0.25, 0.3) is 0 Å². The number of methoxy groups -OCH3 is 2. The summed E-state index contributed by atoms with van der Waals surface area (Å²) in [4.78, 5) is 27.5. The fraction of sp³-hybridized carbons (Fsp3) is 0.259. The van der Waals surface area contributed by atoms with E-state index in [1.54, 1.807) is 31.2 Å². The van der Waals surface area contributed by atoms with Gasteiger partial charge in [-0.05, 0) is 61.0 Å². The highest BCUT2D eigenvalue weighted by atomic mass is 35.5. The van der Waals surface area contributed by atoms with Crippen molar-refractivity contribution >= 4 is 50.7 Å². The molecule has 3 aromatic rings. The molecule has 0 unspecified atom stereocenters. The lowest BCUT2D eigenvalue weighted by molar-refractivity contribution is -0.139. The van der Waals surface area contributed by atoms with E-state index in [4.69, 9.17) is 32.7 Å². The number of hydrogen-bond acceptors (Lipinski definition) is 6. The van der Waals surface area contributed by atoms with Gasteiger partial charge in [0.1, 0.15) is 12.6 Å². The first kappa shape index (κ1) is 30.1. The first-order valence-corrected chi connectivity index (χ1v) is 14.0. The van der Waals surface area contributed by atoms with Crippen LogP contribution in [0.1, 0.15) is 12.5 Å². The molecule has 3 rings (SSSR count). The number of benzene rings is 3. The third-order valence-electron chi connectivity index (χ3n) is 6.02. The minimum Gasteiger partial charge on any atom is -0.493 e. The number of halogens is 2. The number of sulfonamides is 1. The fourth-order valence-corrected chi connectivity index (χ4v) is 5.50. The molecule has 1 atom stereocenters. The van der Waals surface area contributed by atoms with Gasteiger partial charge in [0.25, 0.3) is 10.0 Å². The zero-order valence-electron chi connectivity index (χ0n) is 21.9. The van der Waals surface area contributed by atoms with Crippen LogP contribution in [0, 0.1) is 0 Å². The van der Waals surface area contributed by atoms with Gasteiger partial charge >= 0.3 is 0 Å². The molecular weight excluding hydrogens is 565 g/mol. The van der Waals surface area contributed by atoms with Crippen LogP contribution in [-0.4, -0.2) is 59.0 Å². The average Bonchev–Trinajstić information content (AvgIpc) is 2.94. The Morgan fingerprint density at radius 1 is 0.897 bits per heavy atom. The smallest absolute Gasteiger partial charge is 0.264 e.